The fraction of sp³-hybridized carbons (Fsp3) is 0.600. The van der Waals surface area contributed by atoms with Crippen LogP contribution in [0.3, 0.4) is 0 Å². The Bertz CT molecular complexity index is 421. The van der Waals surface area contributed by atoms with Crippen LogP contribution >= 0.6 is 11.6 Å². The maximum atomic E-state index is 9.60. The molecule has 3 N–H and O–H groups in total. The summed E-state index contributed by atoms with van der Waals surface area (Å²) in [6.07, 6.45) is 1.84. The third-order valence-electron chi connectivity index (χ3n) is 3.23. The molecule has 0 radical (unpaired) electrons. The summed E-state index contributed by atoms with van der Waals surface area (Å²) >= 11 is 6.30. The van der Waals surface area contributed by atoms with Crippen molar-refractivity contribution in [3.8, 4) is 5.75 Å². The molecule has 0 saturated carbocycles. The van der Waals surface area contributed by atoms with Crippen LogP contribution in [-0.4, -0.2) is 24.4 Å². The lowest BCUT2D eigenvalue weighted by Gasteiger charge is -2.17. The number of rotatable bonds is 7. The molecular weight excluding hydrogens is 262 g/mol. The molecular formula is C15H24ClNO2. The summed E-state index contributed by atoms with van der Waals surface area (Å²) in [5, 5.41) is 10.4. The van der Waals surface area contributed by atoms with Crippen LogP contribution in [0, 0.1) is 13.8 Å². The van der Waals surface area contributed by atoms with Gasteiger partial charge >= 0.3 is 0 Å². The summed E-state index contributed by atoms with van der Waals surface area (Å²) in [6.45, 7) is 7.02. The van der Waals surface area contributed by atoms with Gasteiger partial charge in [0.15, 0.2) is 0 Å². The van der Waals surface area contributed by atoms with E-state index in [9.17, 15) is 5.11 Å². The van der Waals surface area contributed by atoms with Gasteiger partial charge in [0.25, 0.3) is 0 Å². The molecule has 0 amide bonds. The molecule has 0 spiro atoms. The highest BCUT2D eigenvalue weighted by molar-refractivity contribution is 6.32. The maximum absolute atomic E-state index is 9.60. The number of aliphatic hydroxyl groups excluding tert-OH is 1. The molecule has 1 rings (SSSR count). The lowest BCUT2D eigenvalue weighted by atomic mass is 9.98. The molecule has 1 aromatic carbocycles. The van der Waals surface area contributed by atoms with Crippen molar-refractivity contribution >= 4 is 11.6 Å². The molecule has 1 unspecified atom stereocenters. The van der Waals surface area contributed by atoms with Crippen molar-refractivity contribution < 1.29 is 9.84 Å². The summed E-state index contributed by atoms with van der Waals surface area (Å²) in [5.41, 5.74) is 8.58. The van der Waals surface area contributed by atoms with Gasteiger partial charge in [-0.05, 0) is 55.9 Å². The van der Waals surface area contributed by atoms with E-state index in [0.717, 1.165) is 40.3 Å². The lowest BCUT2D eigenvalue weighted by Crippen LogP contribution is -2.20. The van der Waals surface area contributed by atoms with Crippen LogP contribution in [0.1, 0.15) is 36.5 Å². The van der Waals surface area contributed by atoms with Gasteiger partial charge < -0.3 is 15.6 Å². The Morgan fingerprint density at radius 1 is 1.42 bits per heavy atom. The van der Waals surface area contributed by atoms with Gasteiger partial charge in [-0.25, -0.2) is 0 Å². The van der Waals surface area contributed by atoms with E-state index < -0.39 is 6.10 Å². The van der Waals surface area contributed by atoms with E-state index in [1.165, 1.54) is 0 Å². The summed E-state index contributed by atoms with van der Waals surface area (Å²) in [7, 11) is 0. The lowest BCUT2D eigenvalue weighted by molar-refractivity contribution is 0.172. The van der Waals surface area contributed by atoms with Gasteiger partial charge in [-0.3, -0.25) is 0 Å². The molecule has 0 bridgehead atoms. The molecule has 1 atom stereocenters. The minimum Gasteiger partial charge on any atom is -0.493 e. The van der Waals surface area contributed by atoms with Crippen LogP contribution in [0.2, 0.25) is 5.02 Å². The molecule has 0 aliphatic rings. The first-order valence-corrected chi connectivity index (χ1v) is 7.18. The minimum absolute atomic E-state index is 0.282. The van der Waals surface area contributed by atoms with Gasteiger partial charge in [0.05, 0.1) is 12.7 Å². The third kappa shape index (κ3) is 4.37. The van der Waals surface area contributed by atoms with Crippen molar-refractivity contribution in [3.05, 3.63) is 27.8 Å². The zero-order valence-corrected chi connectivity index (χ0v) is 12.8. The Balaban J connectivity index is 2.99. The highest BCUT2D eigenvalue weighted by Gasteiger charge is 2.14. The van der Waals surface area contributed by atoms with Gasteiger partial charge in [-0.1, -0.05) is 18.5 Å². The van der Waals surface area contributed by atoms with Crippen molar-refractivity contribution in [2.45, 2.75) is 46.1 Å². The Kier molecular flexibility index (Phi) is 6.63. The molecule has 0 aromatic heterocycles. The number of nitrogens with two attached hydrogens (primary N) is 1. The predicted octanol–water partition coefficient (Wildman–Crippen LogP) is 3.00. The molecule has 0 saturated heterocycles. The monoisotopic (exact) mass is 285 g/mol. The number of aliphatic hydroxyl groups is 1. The molecule has 19 heavy (non-hydrogen) atoms. The number of halogens is 1. The second kappa shape index (κ2) is 7.73. The molecule has 4 heteroatoms. The normalized spacial score (nSPS) is 12.5. The Labute approximate surface area is 120 Å². The fourth-order valence-corrected chi connectivity index (χ4v) is 2.21. The number of benzene rings is 1. The maximum Gasteiger partial charge on any atom is 0.123 e. The van der Waals surface area contributed by atoms with Crippen molar-refractivity contribution in [1.82, 2.24) is 0 Å². The highest BCUT2D eigenvalue weighted by atomic mass is 35.5. The van der Waals surface area contributed by atoms with Crippen LogP contribution in [-0.2, 0) is 6.42 Å². The van der Waals surface area contributed by atoms with Crippen molar-refractivity contribution in [2.24, 2.45) is 5.73 Å². The van der Waals surface area contributed by atoms with E-state index in [1.54, 1.807) is 0 Å². The molecule has 0 aliphatic carbocycles. The second-order valence-electron chi connectivity index (χ2n) is 4.89. The predicted molar refractivity (Wildman–Crippen MR) is 80.1 cm³/mol. The van der Waals surface area contributed by atoms with Crippen molar-refractivity contribution in [1.29, 1.82) is 0 Å². The SMILES string of the molecule is CCCOc1cc(C)c(Cl)c(C)c1CCC(O)CN. The Hall–Kier alpha value is -0.770. The number of hydrogen-bond acceptors (Lipinski definition) is 3. The van der Waals surface area contributed by atoms with Gasteiger partial charge in [0, 0.05) is 11.6 Å². The molecule has 0 fully saturated rings. The third-order valence-corrected chi connectivity index (χ3v) is 3.82. The molecule has 0 aliphatic heterocycles. The van der Waals surface area contributed by atoms with Crippen LogP contribution in [0.25, 0.3) is 0 Å². The smallest absolute Gasteiger partial charge is 0.123 e. The van der Waals surface area contributed by atoms with E-state index in [4.69, 9.17) is 22.1 Å². The first-order valence-electron chi connectivity index (χ1n) is 6.80. The van der Waals surface area contributed by atoms with E-state index in [-0.39, 0.29) is 6.54 Å². The first kappa shape index (κ1) is 16.3. The second-order valence-corrected chi connectivity index (χ2v) is 5.26. The zero-order valence-electron chi connectivity index (χ0n) is 12.0. The average molecular weight is 286 g/mol. The van der Waals surface area contributed by atoms with Crippen molar-refractivity contribution in [2.75, 3.05) is 13.2 Å². The molecule has 108 valence electrons. The first-order chi connectivity index (χ1) is 9.01. The summed E-state index contributed by atoms with van der Waals surface area (Å²) in [5.74, 6) is 0.880. The van der Waals surface area contributed by atoms with Crippen LogP contribution in [0.4, 0.5) is 0 Å². The Morgan fingerprint density at radius 3 is 2.68 bits per heavy atom. The fourth-order valence-electron chi connectivity index (χ4n) is 2.04. The standard InChI is InChI=1S/C15H24ClNO2/c1-4-7-19-14-8-10(2)15(16)11(3)13(14)6-5-12(18)9-17/h8,12,18H,4-7,9,17H2,1-3H3. The summed E-state index contributed by atoms with van der Waals surface area (Å²) < 4.78 is 5.80. The summed E-state index contributed by atoms with van der Waals surface area (Å²) in [4.78, 5) is 0. The minimum atomic E-state index is -0.474. The number of aryl methyl sites for hydroxylation is 1. The van der Waals surface area contributed by atoms with E-state index >= 15 is 0 Å². The van der Waals surface area contributed by atoms with E-state index in [1.807, 2.05) is 19.9 Å². The molecule has 1 aromatic rings. The van der Waals surface area contributed by atoms with Crippen LogP contribution in [0.15, 0.2) is 6.07 Å². The van der Waals surface area contributed by atoms with E-state index in [2.05, 4.69) is 6.92 Å². The van der Waals surface area contributed by atoms with Crippen LogP contribution in [0.5, 0.6) is 5.75 Å². The topological polar surface area (TPSA) is 55.5 Å². The van der Waals surface area contributed by atoms with Gasteiger partial charge in [-0.2, -0.15) is 0 Å². The average Bonchev–Trinajstić information content (AvgIpc) is 2.41. The molecule has 3 nitrogen and oxygen atoms in total. The van der Waals surface area contributed by atoms with Gasteiger partial charge in [0.2, 0.25) is 0 Å². The zero-order chi connectivity index (χ0) is 14.4. The van der Waals surface area contributed by atoms with Gasteiger partial charge in [0.1, 0.15) is 5.75 Å². The van der Waals surface area contributed by atoms with Crippen molar-refractivity contribution in [3.63, 3.8) is 0 Å². The van der Waals surface area contributed by atoms with E-state index in [0.29, 0.717) is 13.0 Å². The van der Waals surface area contributed by atoms with Gasteiger partial charge in [-0.15, -0.1) is 0 Å². The van der Waals surface area contributed by atoms with Crippen LogP contribution < -0.4 is 10.5 Å². The number of hydrogen-bond donors (Lipinski definition) is 2. The quantitative estimate of drug-likeness (QED) is 0.810. The molecule has 0 heterocycles. The Morgan fingerprint density at radius 2 is 2.11 bits per heavy atom. The largest absolute Gasteiger partial charge is 0.493 e. The highest BCUT2D eigenvalue weighted by Crippen LogP contribution is 2.32. The summed E-state index contributed by atoms with van der Waals surface area (Å²) in [6, 6.07) is 1.98. The number of ether oxygens (including phenoxy) is 1.